The fraction of sp³-hybridized carbons (Fsp3) is 0.435. The van der Waals surface area contributed by atoms with Gasteiger partial charge in [0, 0.05) is 19.2 Å². The minimum Gasteiger partial charge on any atom is -0.484 e. The van der Waals surface area contributed by atoms with E-state index in [4.69, 9.17) is 9.47 Å². The van der Waals surface area contributed by atoms with Crippen molar-refractivity contribution in [3.63, 3.8) is 0 Å². The molecule has 0 spiro atoms. The number of sulfone groups is 1. The van der Waals surface area contributed by atoms with Crippen LogP contribution in [0.3, 0.4) is 0 Å². The van der Waals surface area contributed by atoms with Crippen molar-refractivity contribution >= 4 is 15.7 Å². The molecular formula is C23H27NO5S. The predicted molar refractivity (Wildman–Crippen MR) is 115 cm³/mol. The van der Waals surface area contributed by atoms with E-state index in [0.717, 1.165) is 24.0 Å². The second-order valence-corrected chi connectivity index (χ2v) is 10.1. The van der Waals surface area contributed by atoms with Gasteiger partial charge >= 0.3 is 0 Å². The summed E-state index contributed by atoms with van der Waals surface area (Å²) in [7, 11) is -3.08. The van der Waals surface area contributed by atoms with E-state index in [1.165, 1.54) is 0 Å². The van der Waals surface area contributed by atoms with Crippen LogP contribution in [-0.4, -0.2) is 62.6 Å². The monoisotopic (exact) mass is 429 g/mol. The highest BCUT2D eigenvalue weighted by Crippen LogP contribution is 2.24. The minimum atomic E-state index is -3.08. The van der Waals surface area contributed by atoms with Gasteiger partial charge in [-0.3, -0.25) is 4.79 Å². The van der Waals surface area contributed by atoms with Gasteiger partial charge in [0.1, 0.15) is 5.75 Å². The first-order chi connectivity index (χ1) is 14.5. The Hall–Kier alpha value is -2.38. The fourth-order valence-electron chi connectivity index (χ4n) is 4.09. The minimum absolute atomic E-state index is 0.0250. The van der Waals surface area contributed by atoms with E-state index < -0.39 is 9.84 Å². The molecule has 0 radical (unpaired) electrons. The Morgan fingerprint density at radius 2 is 1.77 bits per heavy atom. The number of benzene rings is 2. The molecule has 0 unspecified atom stereocenters. The van der Waals surface area contributed by atoms with Gasteiger partial charge in [-0.1, -0.05) is 42.5 Å². The summed E-state index contributed by atoms with van der Waals surface area (Å²) in [5.74, 6) is 0.574. The number of carbonyl (C=O) groups excluding carboxylic acids is 1. The van der Waals surface area contributed by atoms with Crippen LogP contribution in [0.4, 0.5) is 0 Å². The lowest BCUT2D eigenvalue weighted by Crippen LogP contribution is -2.47. The summed E-state index contributed by atoms with van der Waals surface area (Å²) in [6, 6.07) is 17.4. The Kier molecular flexibility index (Phi) is 6.39. The van der Waals surface area contributed by atoms with Crippen molar-refractivity contribution in [2.24, 2.45) is 0 Å². The van der Waals surface area contributed by atoms with Gasteiger partial charge in [0.2, 0.25) is 0 Å². The first kappa shape index (κ1) is 20.9. The number of hydrogen-bond donors (Lipinski definition) is 0. The van der Waals surface area contributed by atoms with Gasteiger partial charge in [-0.25, -0.2) is 8.42 Å². The van der Waals surface area contributed by atoms with Crippen molar-refractivity contribution in [1.29, 1.82) is 0 Å². The van der Waals surface area contributed by atoms with Crippen molar-refractivity contribution in [3.8, 4) is 16.9 Å². The number of amides is 1. The number of rotatable bonds is 7. The largest absolute Gasteiger partial charge is 0.484 e. The third-order valence-electron chi connectivity index (χ3n) is 5.72. The highest BCUT2D eigenvalue weighted by molar-refractivity contribution is 7.91. The molecule has 2 fully saturated rings. The van der Waals surface area contributed by atoms with Crippen molar-refractivity contribution in [3.05, 3.63) is 54.6 Å². The van der Waals surface area contributed by atoms with E-state index >= 15 is 0 Å². The van der Waals surface area contributed by atoms with Crippen LogP contribution in [0.1, 0.15) is 19.3 Å². The topological polar surface area (TPSA) is 72.9 Å². The lowest BCUT2D eigenvalue weighted by atomic mass is 10.1. The van der Waals surface area contributed by atoms with Crippen LogP contribution < -0.4 is 4.74 Å². The molecule has 2 atom stereocenters. The molecule has 160 valence electrons. The lowest BCUT2D eigenvalue weighted by Gasteiger charge is -2.30. The fourth-order valence-corrected chi connectivity index (χ4v) is 5.82. The zero-order chi connectivity index (χ0) is 21.0. The maximum absolute atomic E-state index is 12.9. The molecule has 0 saturated carbocycles. The van der Waals surface area contributed by atoms with E-state index in [2.05, 4.69) is 0 Å². The Bertz CT molecular complexity index is 953. The molecule has 6 nitrogen and oxygen atoms in total. The summed E-state index contributed by atoms with van der Waals surface area (Å²) >= 11 is 0. The molecular weight excluding hydrogens is 402 g/mol. The quantitative estimate of drug-likeness (QED) is 0.677. The van der Waals surface area contributed by atoms with Gasteiger partial charge in [0.15, 0.2) is 16.4 Å². The number of hydrogen-bond acceptors (Lipinski definition) is 5. The Balaban J connectivity index is 1.39. The highest BCUT2D eigenvalue weighted by atomic mass is 32.2. The van der Waals surface area contributed by atoms with Crippen molar-refractivity contribution in [2.75, 3.05) is 31.3 Å². The second-order valence-electron chi connectivity index (χ2n) is 7.92. The van der Waals surface area contributed by atoms with E-state index in [1.54, 1.807) is 4.90 Å². The summed E-state index contributed by atoms with van der Waals surface area (Å²) < 4.78 is 35.3. The number of nitrogens with zero attached hydrogens (tertiary/aromatic N) is 1. The SMILES string of the molecule is O=C(COc1ccc(-c2ccccc2)cc1)N(C[C@@H]1CCCO1)[C@H]1CCS(=O)(=O)C1. The summed E-state index contributed by atoms with van der Waals surface area (Å²) in [4.78, 5) is 14.6. The van der Waals surface area contributed by atoms with Crippen LogP contribution in [0.15, 0.2) is 54.6 Å². The first-order valence-electron chi connectivity index (χ1n) is 10.4. The molecule has 0 aromatic heterocycles. The molecule has 30 heavy (non-hydrogen) atoms. The number of ether oxygens (including phenoxy) is 2. The average Bonchev–Trinajstić information content (AvgIpc) is 3.40. The molecule has 2 saturated heterocycles. The highest BCUT2D eigenvalue weighted by Gasteiger charge is 2.36. The summed E-state index contributed by atoms with van der Waals surface area (Å²) in [5, 5.41) is 0. The second kappa shape index (κ2) is 9.18. The van der Waals surface area contributed by atoms with Gasteiger partial charge in [-0.2, -0.15) is 0 Å². The Morgan fingerprint density at radius 3 is 2.40 bits per heavy atom. The Morgan fingerprint density at radius 1 is 1.03 bits per heavy atom. The molecule has 2 aliphatic heterocycles. The summed E-state index contributed by atoms with van der Waals surface area (Å²) in [6.07, 6.45) is 2.32. The molecule has 2 heterocycles. The van der Waals surface area contributed by atoms with E-state index in [0.29, 0.717) is 25.3 Å². The van der Waals surface area contributed by atoms with Crippen LogP contribution in [0.5, 0.6) is 5.75 Å². The van der Waals surface area contributed by atoms with Gasteiger partial charge < -0.3 is 14.4 Å². The Labute approximate surface area is 177 Å². The molecule has 7 heteroatoms. The third kappa shape index (κ3) is 5.21. The molecule has 2 aromatic rings. The van der Waals surface area contributed by atoms with Gasteiger partial charge in [-0.15, -0.1) is 0 Å². The van der Waals surface area contributed by atoms with Crippen molar-refractivity contribution in [1.82, 2.24) is 4.90 Å². The average molecular weight is 430 g/mol. The molecule has 0 aliphatic carbocycles. The molecule has 2 aromatic carbocycles. The zero-order valence-corrected chi connectivity index (χ0v) is 17.7. The van der Waals surface area contributed by atoms with Crippen LogP contribution in [-0.2, 0) is 19.4 Å². The summed E-state index contributed by atoms with van der Waals surface area (Å²) in [5.41, 5.74) is 2.19. The van der Waals surface area contributed by atoms with Crippen LogP contribution in [0.25, 0.3) is 11.1 Å². The lowest BCUT2D eigenvalue weighted by molar-refractivity contribution is -0.137. The van der Waals surface area contributed by atoms with Crippen LogP contribution in [0, 0.1) is 0 Å². The molecule has 0 N–H and O–H groups in total. The van der Waals surface area contributed by atoms with E-state index in [1.807, 2.05) is 54.6 Å². The normalized spacial score (nSPS) is 22.7. The maximum atomic E-state index is 12.9. The standard InChI is InChI=1S/C23H27NO5S/c25-23(16-29-21-10-8-19(9-11-21)18-5-2-1-3-6-18)24(15-22-7-4-13-28-22)20-12-14-30(26,27)17-20/h1-3,5-6,8-11,20,22H,4,7,12-17H2/t20-,22-/m0/s1. The predicted octanol–water partition coefficient (Wildman–Crippen LogP) is 2.93. The summed E-state index contributed by atoms with van der Waals surface area (Å²) in [6.45, 7) is 1.00. The number of carbonyl (C=O) groups is 1. The van der Waals surface area contributed by atoms with E-state index in [9.17, 15) is 13.2 Å². The molecule has 0 bridgehead atoms. The van der Waals surface area contributed by atoms with Crippen molar-refractivity contribution < 1.29 is 22.7 Å². The smallest absolute Gasteiger partial charge is 0.260 e. The van der Waals surface area contributed by atoms with Crippen molar-refractivity contribution in [2.45, 2.75) is 31.4 Å². The zero-order valence-electron chi connectivity index (χ0n) is 16.9. The molecule has 2 aliphatic rings. The third-order valence-corrected chi connectivity index (χ3v) is 7.47. The van der Waals surface area contributed by atoms with Crippen LogP contribution >= 0.6 is 0 Å². The van der Waals surface area contributed by atoms with Crippen LogP contribution in [0.2, 0.25) is 0 Å². The van der Waals surface area contributed by atoms with Gasteiger partial charge in [0.05, 0.1) is 17.6 Å². The van der Waals surface area contributed by atoms with Gasteiger partial charge in [0.25, 0.3) is 5.91 Å². The molecule has 4 rings (SSSR count). The van der Waals surface area contributed by atoms with E-state index in [-0.39, 0.29) is 36.2 Å². The molecule has 1 amide bonds. The van der Waals surface area contributed by atoms with Gasteiger partial charge in [-0.05, 0) is 42.5 Å². The first-order valence-corrected chi connectivity index (χ1v) is 12.2. The maximum Gasteiger partial charge on any atom is 0.260 e.